The molecule has 108 valence electrons. The quantitative estimate of drug-likeness (QED) is 0.866. The molecule has 2 N–H and O–H groups in total. The van der Waals surface area contributed by atoms with Gasteiger partial charge in [-0.05, 0) is 42.0 Å². The van der Waals surface area contributed by atoms with E-state index in [1.807, 2.05) is 0 Å². The fraction of sp³-hybridized carbons (Fsp3) is 0. The molecule has 0 aliphatic heterocycles. The number of carbonyl (C=O) groups excluding carboxylic acids is 1. The van der Waals surface area contributed by atoms with Gasteiger partial charge in [0.05, 0.1) is 5.02 Å². The van der Waals surface area contributed by atoms with Crippen molar-refractivity contribution < 1.29 is 13.6 Å². The van der Waals surface area contributed by atoms with Crippen LogP contribution in [0.15, 0.2) is 48.7 Å². The standard InChI is InChI=1S/C15H11ClF2N2O/c16-13-9-12(4-5-14(13)18)20-15(21)19-7-6-10-2-1-3-11(17)8-10/h1-9H,(H2,19,20,21)/b7-6+. The number of hydrogen-bond acceptors (Lipinski definition) is 1. The Balaban J connectivity index is 1.91. The van der Waals surface area contributed by atoms with Crippen molar-refractivity contribution in [3.05, 3.63) is 70.9 Å². The van der Waals surface area contributed by atoms with Gasteiger partial charge in [-0.15, -0.1) is 0 Å². The Bertz CT molecular complexity index is 689. The SMILES string of the molecule is O=C(N/C=C/c1cccc(F)c1)Nc1ccc(F)c(Cl)c1. The summed E-state index contributed by atoms with van der Waals surface area (Å²) < 4.78 is 25.9. The van der Waals surface area contributed by atoms with E-state index < -0.39 is 11.8 Å². The highest BCUT2D eigenvalue weighted by Crippen LogP contribution is 2.19. The number of urea groups is 1. The van der Waals surface area contributed by atoms with E-state index in [0.29, 0.717) is 11.3 Å². The summed E-state index contributed by atoms with van der Waals surface area (Å²) in [4.78, 5) is 11.6. The first-order valence-electron chi connectivity index (χ1n) is 5.99. The molecule has 0 aromatic heterocycles. The monoisotopic (exact) mass is 308 g/mol. The number of amides is 2. The molecule has 0 bridgehead atoms. The molecule has 0 aliphatic rings. The fourth-order valence-corrected chi connectivity index (χ4v) is 1.75. The maximum atomic E-state index is 13.0. The van der Waals surface area contributed by atoms with E-state index in [1.54, 1.807) is 18.2 Å². The minimum Gasteiger partial charge on any atom is -0.314 e. The molecule has 0 heterocycles. The maximum absolute atomic E-state index is 13.0. The fourth-order valence-electron chi connectivity index (χ4n) is 1.56. The number of hydrogen-bond donors (Lipinski definition) is 2. The smallest absolute Gasteiger partial charge is 0.314 e. The van der Waals surface area contributed by atoms with E-state index in [2.05, 4.69) is 10.6 Å². The van der Waals surface area contributed by atoms with Crippen molar-refractivity contribution in [3.8, 4) is 0 Å². The predicted octanol–water partition coefficient (Wildman–Crippen LogP) is 4.41. The molecule has 0 unspecified atom stereocenters. The summed E-state index contributed by atoms with van der Waals surface area (Å²) in [6.45, 7) is 0. The van der Waals surface area contributed by atoms with Gasteiger partial charge in [0.15, 0.2) is 0 Å². The Morgan fingerprint density at radius 3 is 2.67 bits per heavy atom. The van der Waals surface area contributed by atoms with Crippen molar-refractivity contribution in [3.63, 3.8) is 0 Å². The van der Waals surface area contributed by atoms with E-state index in [9.17, 15) is 13.6 Å². The van der Waals surface area contributed by atoms with Crippen molar-refractivity contribution in [2.45, 2.75) is 0 Å². The van der Waals surface area contributed by atoms with Gasteiger partial charge in [-0.2, -0.15) is 0 Å². The van der Waals surface area contributed by atoms with Gasteiger partial charge in [0.1, 0.15) is 11.6 Å². The lowest BCUT2D eigenvalue weighted by atomic mass is 10.2. The highest BCUT2D eigenvalue weighted by molar-refractivity contribution is 6.31. The molecule has 0 fully saturated rings. The second kappa shape index (κ2) is 6.85. The highest BCUT2D eigenvalue weighted by Gasteiger charge is 2.03. The summed E-state index contributed by atoms with van der Waals surface area (Å²) in [5, 5.41) is 4.84. The maximum Gasteiger partial charge on any atom is 0.323 e. The van der Waals surface area contributed by atoms with Gasteiger partial charge in [0, 0.05) is 11.9 Å². The minimum atomic E-state index is -0.561. The number of benzene rings is 2. The van der Waals surface area contributed by atoms with Crippen LogP contribution in [0.4, 0.5) is 19.3 Å². The summed E-state index contributed by atoms with van der Waals surface area (Å²) in [5.41, 5.74) is 0.971. The molecule has 21 heavy (non-hydrogen) atoms. The summed E-state index contributed by atoms with van der Waals surface area (Å²) in [5.74, 6) is -0.920. The first-order valence-corrected chi connectivity index (χ1v) is 6.37. The zero-order valence-corrected chi connectivity index (χ0v) is 11.5. The van der Waals surface area contributed by atoms with Crippen LogP contribution in [0.2, 0.25) is 5.02 Å². The Labute approximate surface area is 125 Å². The summed E-state index contributed by atoms with van der Waals surface area (Å²) in [6, 6.07) is 9.23. The van der Waals surface area contributed by atoms with Gasteiger partial charge >= 0.3 is 6.03 Å². The first kappa shape index (κ1) is 15.0. The Morgan fingerprint density at radius 2 is 1.95 bits per heavy atom. The van der Waals surface area contributed by atoms with Crippen molar-refractivity contribution in [2.75, 3.05) is 5.32 Å². The van der Waals surface area contributed by atoms with E-state index in [-0.39, 0.29) is 10.8 Å². The van der Waals surface area contributed by atoms with Crippen molar-refractivity contribution in [2.24, 2.45) is 0 Å². The van der Waals surface area contributed by atoms with Crippen LogP contribution < -0.4 is 10.6 Å². The van der Waals surface area contributed by atoms with Crippen LogP contribution in [-0.2, 0) is 0 Å². The summed E-state index contributed by atoms with van der Waals surface area (Å²) in [7, 11) is 0. The average molecular weight is 309 g/mol. The van der Waals surface area contributed by atoms with Crippen LogP contribution in [0.1, 0.15) is 5.56 Å². The third kappa shape index (κ3) is 4.57. The van der Waals surface area contributed by atoms with Crippen molar-refractivity contribution >= 4 is 29.4 Å². The molecule has 0 spiro atoms. The van der Waals surface area contributed by atoms with Gasteiger partial charge in [0.25, 0.3) is 0 Å². The molecule has 3 nitrogen and oxygen atoms in total. The second-order valence-corrected chi connectivity index (χ2v) is 4.52. The molecule has 0 atom stereocenters. The molecule has 2 aromatic carbocycles. The molecule has 0 aliphatic carbocycles. The largest absolute Gasteiger partial charge is 0.323 e. The van der Waals surface area contributed by atoms with Crippen LogP contribution >= 0.6 is 11.6 Å². The second-order valence-electron chi connectivity index (χ2n) is 4.12. The molecular weight excluding hydrogens is 298 g/mol. The van der Waals surface area contributed by atoms with Crippen LogP contribution in [0.25, 0.3) is 6.08 Å². The number of anilines is 1. The first-order chi connectivity index (χ1) is 10.0. The van der Waals surface area contributed by atoms with Crippen LogP contribution in [0.3, 0.4) is 0 Å². The third-order valence-corrected chi connectivity index (χ3v) is 2.81. The van der Waals surface area contributed by atoms with E-state index in [0.717, 1.165) is 6.07 Å². The molecule has 0 radical (unpaired) electrons. The molecular formula is C15H11ClF2N2O. The van der Waals surface area contributed by atoms with Gasteiger partial charge in [-0.3, -0.25) is 0 Å². The van der Waals surface area contributed by atoms with Gasteiger partial charge in [0.2, 0.25) is 0 Å². The van der Waals surface area contributed by atoms with Crippen LogP contribution in [0, 0.1) is 11.6 Å². The van der Waals surface area contributed by atoms with E-state index in [1.165, 1.54) is 30.5 Å². The number of rotatable bonds is 3. The molecule has 2 amide bonds. The minimum absolute atomic E-state index is 0.0805. The molecule has 6 heteroatoms. The van der Waals surface area contributed by atoms with Gasteiger partial charge in [-0.1, -0.05) is 23.7 Å². The molecule has 2 aromatic rings. The molecule has 2 rings (SSSR count). The predicted molar refractivity (Wildman–Crippen MR) is 79.0 cm³/mol. The zero-order chi connectivity index (χ0) is 15.2. The average Bonchev–Trinajstić information content (AvgIpc) is 2.43. The Morgan fingerprint density at radius 1 is 1.14 bits per heavy atom. The number of carbonyl (C=O) groups is 1. The molecule has 0 saturated carbocycles. The van der Waals surface area contributed by atoms with Crippen molar-refractivity contribution in [1.82, 2.24) is 5.32 Å². The van der Waals surface area contributed by atoms with Crippen LogP contribution in [-0.4, -0.2) is 6.03 Å². The lowest BCUT2D eigenvalue weighted by molar-refractivity contribution is 0.255. The zero-order valence-electron chi connectivity index (χ0n) is 10.7. The van der Waals surface area contributed by atoms with Crippen LogP contribution in [0.5, 0.6) is 0 Å². The normalized spacial score (nSPS) is 10.6. The molecule has 0 saturated heterocycles. The Hall–Kier alpha value is -2.40. The van der Waals surface area contributed by atoms with Gasteiger partial charge in [-0.25, -0.2) is 13.6 Å². The third-order valence-electron chi connectivity index (χ3n) is 2.52. The topological polar surface area (TPSA) is 41.1 Å². The lowest BCUT2D eigenvalue weighted by Crippen LogP contribution is -2.23. The number of halogens is 3. The van der Waals surface area contributed by atoms with E-state index >= 15 is 0 Å². The van der Waals surface area contributed by atoms with Gasteiger partial charge < -0.3 is 10.6 Å². The Kier molecular flexibility index (Phi) is 4.90. The summed E-state index contributed by atoms with van der Waals surface area (Å²) in [6.07, 6.45) is 2.91. The summed E-state index contributed by atoms with van der Waals surface area (Å²) >= 11 is 5.60. The lowest BCUT2D eigenvalue weighted by Gasteiger charge is -2.05. The highest BCUT2D eigenvalue weighted by atomic mass is 35.5. The number of nitrogens with one attached hydrogen (secondary N) is 2. The van der Waals surface area contributed by atoms with E-state index in [4.69, 9.17) is 11.6 Å². The van der Waals surface area contributed by atoms with Crippen molar-refractivity contribution in [1.29, 1.82) is 0 Å².